The van der Waals surface area contributed by atoms with Gasteiger partial charge < -0.3 is 4.74 Å². The number of hydrogen-bond donors (Lipinski definition) is 0. The van der Waals surface area contributed by atoms with Crippen LogP contribution in [-0.2, 0) is 10.3 Å². The third kappa shape index (κ3) is 3.81. The Bertz CT molecular complexity index is 695. The Balaban J connectivity index is 2.19. The number of hydrogen-bond acceptors (Lipinski definition) is 2. The molecule has 2 aromatic rings. The standard InChI is InChI=1S/C21H22O2/c1-5-16(3)17-12-14-18(15-13-17)20(22)23-21(4,6-2)19-10-8-7-9-11-19/h2,7-16H,5H2,1,3-4H3. The quantitative estimate of drug-likeness (QED) is 0.580. The summed E-state index contributed by atoms with van der Waals surface area (Å²) in [6.07, 6.45) is 6.68. The molecule has 2 unspecified atom stereocenters. The molecule has 2 nitrogen and oxygen atoms in total. The number of rotatable bonds is 5. The van der Waals surface area contributed by atoms with Gasteiger partial charge in [-0.05, 0) is 37.0 Å². The number of esters is 1. The van der Waals surface area contributed by atoms with Gasteiger partial charge in [-0.1, -0.05) is 62.2 Å². The summed E-state index contributed by atoms with van der Waals surface area (Å²) in [5, 5.41) is 0. The summed E-state index contributed by atoms with van der Waals surface area (Å²) in [7, 11) is 0. The van der Waals surface area contributed by atoms with Crippen molar-refractivity contribution in [2.45, 2.75) is 38.7 Å². The summed E-state index contributed by atoms with van der Waals surface area (Å²) in [4.78, 5) is 12.4. The largest absolute Gasteiger partial charge is 0.438 e. The lowest BCUT2D eigenvalue weighted by molar-refractivity contribution is 0.0129. The van der Waals surface area contributed by atoms with Crippen molar-refractivity contribution >= 4 is 5.97 Å². The minimum Gasteiger partial charge on any atom is -0.438 e. The molecule has 0 amide bonds. The molecule has 2 heteroatoms. The van der Waals surface area contributed by atoms with Gasteiger partial charge in [-0.25, -0.2) is 4.79 Å². The van der Waals surface area contributed by atoms with Crippen molar-refractivity contribution in [3.8, 4) is 12.3 Å². The fourth-order valence-corrected chi connectivity index (χ4v) is 2.36. The van der Waals surface area contributed by atoms with Gasteiger partial charge in [-0.3, -0.25) is 0 Å². The molecule has 0 radical (unpaired) electrons. The van der Waals surface area contributed by atoms with Crippen LogP contribution in [-0.4, -0.2) is 5.97 Å². The van der Waals surface area contributed by atoms with Crippen molar-refractivity contribution in [3.63, 3.8) is 0 Å². The molecule has 118 valence electrons. The molecule has 2 atom stereocenters. The van der Waals surface area contributed by atoms with Gasteiger partial charge in [0.25, 0.3) is 0 Å². The average Bonchev–Trinajstić information content (AvgIpc) is 2.61. The van der Waals surface area contributed by atoms with E-state index in [1.54, 1.807) is 19.1 Å². The number of ether oxygens (including phenoxy) is 1. The molecule has 0 aliphatic rings. The predicted octanol–water partition coefficient (Wildman–Crippen LogP) is 4.91. The fraction of sp³-hybridized carbons (Fsp3) is 0.286. The summed E-state index contributed by atoms with van der Waals surface area (Å²) in [5.41, 5.74) is 1.43. The van der Waals surface area contributed by atoms with E-state index in [0.717, 1.165) is 12.0 Å². The molecular formula is C21H22O2. The van der Waals surface area contributed by atoms with Crippen molar-refractivity contribution in [2.75, 3.05) is 0 Å². The molecule has 0 spiro atoms. The zero-order valence-corrected chi connectivity index (χ0v) is 13.9. The third-order valence-electron chi connectivity index (χ3n) is 4.22. The van der Waals surface area contributed by atoms with Gasteiger partial charge in [-0.15, -0.1) is 6.42 Å². The molecule has 0 N–H and O–H groups in total. The van der Waals surface area contributed by atoms with Crippen LogP contribution in [0.25, 0.3) is 0 Å². The van der Waals surface area contributed by atoms with E-state index in [-0.39, 0.29) is 0 Å². The molecule has 0 aromatic heterocycles. The highest BCUT2D eigenvalue weighted by atomic mass is 16.6. The summed E-state index contributed by atoms with van der Waals surface area (Å²) < 4.78 is 5.61. The van der Waals surface area contributed by atoms with Crippen LogP contribution in [0, 0.1) is 12.3 Å². The monoisotopic (exact) mass is 306 g/mol. The van der Waals surface area contributed by atoms with Crippen LogP contribution >= 0.6 is 0 Å². The van der Waals surface area contributed by atoms with E-state index in [9.17, 15) is 4.79 Å². The highest BCUT2D eigenvalue weighted by molar-refractivity contribution is 5.90. The molecule has 2 rings (SSSR count). The molecule has 0 aliphatic carbocycles. The highest BCUT2D eigenvalue weighted by Crippen LogP contribution is 2.26. The van der Waals surface area contributed by atoms with Crippen LogP contribution in [0.5, 0.6) is 0 Å². The van der Waals surface area contributed by atoms with Gasteiger partial charge in [0, 0.05) is 5.56 Å². The summed E-state index contributed by atoms with van der Waals surface area (Å²) in [6.45, 7) is 6.04. The first-order valence-electron chi connectivity index (χ1n) is 7.86. The van der Waals surface area contributed by atoms with Gasteiger partial charge >= 0.3 is 5.97 Å². The maximum Gasteiger partial charge on any atom is 0.339 e. The van der Waals surface area contributed by atoms with Crippen LogP contribution in [0.15, 0.2) is 54.6 Å². The molecule has 0 heterocycles. The third-order valence-corrected chi connectivity index (χ3v) is 4.22. The minimum atomic E-state index is -1.08. The number of terminal acetylenes is 1. The summed E-state index contributed by atoms with van der Waals surface area (Å²) in [6, 6.07) is 16.9. The highest BCUT2D eigenvalue weighted by Gasteiger charge is 2.29. The Morgan fingerprint density at radius 1 is 1.17 bits per heavy atom. The Labute approximate surface area is 138 Å². The zero-order valence-electron chi connectivity index (χ0n) is 13.9. The van der Waals surface area contributed by atoms with Crippen molar-refractivity contribution < 1.29 is 9.53 Å². The smallest absolute Gasteiger partial charge is 0.339 e. The van der Waals surface area contributed by atoms with Crippen molar-refractivity contribution in [1.82, 2.24) is 0 Å². The lowest BCUT2D eigenvalue weighted by Crippen LogP contribution is -2.27. The second-order valence-corrected chi connectivity index (χ2v) is 5.86. The van der Waals surface area contributed by atoms with E-state index in [1.807, 2.05) is 42.5 Å². The Kier molecular flexibility index (Phi) is 5.24. The van der Waals surface area contributed by atoms with E-state index >= 15 is 0 Å². The minimum absolute atomic E-state index is 0.412. The van der Waals surface area contributed by atoms with E-state index in [1.165, 1.54) is 5.56 Å². The second kappa shape index (κ2) is 7.15. The van der Waals surface area contributed by atoms with Crippen LogP contribution in [0.4, 0.5) is 0 Å². The SMILES string of the molecule is C#CC(C)(OC(=O)c1ccc(C(C)CC)cc1)c1ccccc1. The maximum atomic E-state index is 12.4. The zero-order chi connectivity index (χ0) is 16.9. The lowest BCUT2D eigenvalue weighted by atomic mass is 9.96. The van der Waals surface area contributed by atoms with Crippen LogP contribution < -0.4 is 0 Å². The Hall–Kier alpha value is -2.53. The van der Waals surface area contributed by atoms with Gasteiger partial charge in [-0.2, -0.15) is 0 Å². The Morgan fingerprint density at radius 2 is 1.78 bits per heavy atom. The van der Waals surface area contributed by atoms with E-state index in [0.29, 0.717) is 11.5 Å². The normalized spacial score (nSPS) is 14.3. The number of benzene rings is 2. The Morgan fingerprint density at radius 3 is 2.30 bits per heavy atom. The summed E-state index contributed by atoms with van der Waals surface area (Å²) >= 11 is 0. The second-order valence-electron chi connectivity index (χ2n) is 5.86. The molecule has 0 saturated heterocycles. The van der Waals surface area contributed by atoms with Crippen LogP contribution in [0.2, 0.25) is 0 Å². The van der Waals surface area contributed by atoms with Crippen LogP contribution in [0.3, 0.4) is 0 Å². The maximum absolute atomic E-state index is 12.4. The van der Waals surface area contributed by atoms with E-state index in [2.05, 4.69) is 19.8 Å². The molecular weight excluding hydrogens is 284 g/mol. The van der Waals surface area contributed by atoms with Gasteiger partial charge in [0.2, 0.25) is 0 Å². The van der Waals surface area contributed by atoms with Gasteiger partial charge in [0.05, 0.1) is 5.56 Å². The first-order chi connectivity index (χ1) is 11.0. The number of carbonyl (C=O) groups excluding carboxylic acids is 1. The topological polar surface area (TPSA) is 26.3 Å². The molecule has 0 fully saturated rings. The molecule has 2 aromatic carbocycles. The van der Waals surface area contributed by atoms with Gasteiger partial charge in [0.1, 0.15) is 0 Å². The molecule has 0 aliphatic heterocycles. The molecule has 23 heavy (non-hydrogen) atoms. The predicted molar refractivity (Wildman–Crippen MR) is 93.2 cm³/mol. The fourth-order valence-electron chi connectivity index (χ4n) is 2.36. The number of carbonyl (C=O) groups is 1. The summed E-state index contributed by atoms with van der Waals surface area (Å²) in [5.74, 6) is 2.65. The van der Waals surface area contributed by atoms with E-state index < -0.39 is 11.6 Å². The van der Waals surface area contributed by atoms with Crippen molar-refractivity contribution in [3.05, 3.63) is 71.3 Å². The van der Waals surface area contributed by atoms with Crippen LogP contribution in [0.1, 0.15) is 54.6 Å². The lowest BCUT2D eigenvalue weighted by Gasteiger charge is -2.24. The van der Waals surface area contributed by atoms with Crippen molar-refractivity contribution in [2.24, 2.45) is 0 Å². The molecule has 0 saturated carbocycles. The first kappa shape index (κ1) is 16.8. The first-order valence-corrected chi connectivity index (χ1v) is 7.86. The van der Waals surface area contributed by atoms with Gasteiger partial charge in [0.15, 0.2) is 5.60 Å². The molecule has 0 bridgehead atoms. The van der Waals surface area contributed by atoms with Crippen molar-refractivity contribution in [1.29, 1.82) is 0 Å². The van der Waals surface area contributed by atoms with E-state index in [4.69, 9.17) is 11.2 Å². The average molecular weight is 306 g/mol.